The van der Waals surface area contributed by atoms with E-state index in [1.54, 1.807) is 39.7 Å². The fraction of sp³-hybridized carbons (Fsp3) is 0.417. The van der Waals surface area contributed by atoms with Crippen LogP contribution in [0.25, 0.3) is 5.70 Å². The summed E-state index contributed by atoms with van der Waals surface area (Å²) < 4.78 is 16.1. The first-order chi connectivity index (χ1) is 15.9. The van der Waals surface area contributed by atoms with Crippen molar-refractivity contribution in [3.63, 3.8) is 0 Å². The van der Waals surface area contributed by atoms with Gasteiger partial charge in [-0.15, -0.1) is 0 Å². The van der Waals surface area contributed by atoms with Crippen molar-refractivity contribution in [2.75, 3.05) is 47.5 Å². The van der Waals surface area contributed by atoms with Gasteiger partial charge >= 0.3 is 0 Å². The van der Waals surface area contributed by atoms with Gasteiger partial charge in [-0.2, -0.15) is 0 Å². The number of aliphatic imine (C=N–C) groups is 1. The van der Waals surface area contributed by atoms with Crippen molar-refractivity contribution in [1.82, 2.24) is 15.5 Å². The standard InChI is InChI=1S/C24H33N5O4/c1-6-29-8-7-16(14-29)11-28-24(30)18-12-26-23(15(18)2)27-13-19(25)17-9-20(31-3)22(33-5)21(10-17)32-4/h9-10,12-13,16H,2,6-8,11,14,25H2,1,3-5H3,(H,26,27)(H,28,30)/b19-13-. The Morgan fingerprint density at radius 3 is 2.55 bits per heavy atom. The maximum atomic E-state index is 12.6. The molecule has 1 saturated heterocycles. The molecule has 1 aromatic carbocycles. The van der Waals surface area contributed by atoms with Gasteiger partial charge in [-0.1, -0.05) is 13.5 Å². The lowest BCUT2D eigenvalue weighted by molar-refractivity contribution is -0.117. The molecule has 0 saturated carbocycles. The van der Waals surface area contributed by atoms with Gasteiger partial charge in [0.05, 0.1) is 32.6 Å². The third-order valence-electron chi connectivity index (χ3n) is 5.91. The second kappa shape index (κ2) is 10.9. The summed E-state index contributed by atoms with van der Waals surface area (Å²) in [5.74, 6) is 2.25. The van der Waals surface area contributed by atoms with Gasteiger partial charge in [0, 0.05) is 36.6 Å². The number of hydrogen-bond acceptors (Lipinski definition) is 8. The Hall–Kier alpha value is -3.46. The van der Waals surface area contributed by atoms with E-state index >= 15 is 0 Å². The fourth-order valence-electron chi connectivity index (χ4n) is 3.91. The molecular formula is C24H33N5O4. The number of rotatable bonds is 9. The summed E-state index contributed by atoms with van der Waals surface area (Å²) in [4.78, 5) is 19.3. The maximum absolute atomic E-state index is 12.6. The van der Waals surface area contributed by atoms with Crippen LogP contribution in [-0.2, 0) is 4.79 Å². The predicted molar refractivity (Wildman–Crippen MR) is 129 cm³/mol. The summed E-state index contributed by atoms with van der Waals surface area (Å²) in [6, 6.07) is 3.50. The van der Waals surface area contributed by atoms with Crippen LogP contribution in [0.3, 0.4) is 0 Å². The Balaban J connectivity index is 1.59. The number of carbonyl (C=O) groups is 1. The number of carbonyl (C=O) groups excluding carboxylic acids is 1. The average molecular weight is 456 g/mol. The number of nitrogens with one attached hydrogen (secondary N) is 2. The van der Waals surface area contributed by atoms with Crippen LogP contribution < -0.4 is 30.6 Å². The number of amides is 1. The van der Waals surface area contributed by atoms with Crippen molar-refractivity contribution in [2.24, 2.45) is 16.6 Å². The molecule has 4 N–H and O–H groups in total. The maximum Gasteiger partial charge on any atom is 0.253 e. The summed E-state index contributed by atoms with van der Waals surface area (Å²) in [5, 5.41) is 6.05. The van der Waals surface area contributed by atoms with Gasteiger partial charge in [-0.05, 0) is 37.6 Å². The van der Waals surface area contributed by atoms with Crippen LogP contribution in [0.15, 0.2) is 47.3 Å². The molecule has 9 heteroatoms. The average Bonchev–Trinajstić information content (AvgIpc) is 3.46. The molecule has 178 valence electrons. The summed E-state index contributed by atoms with van der Waals surface area (Å²) in [5.41, 5.74) is 8.31. The van der Waals surface area contributed by atoms with Crippen molar-refractivity contribution < 1.29 is 19.0 Å². The highest BCUT2D eigenvalue weighted by molar-refractivity contribution is 6.15. The molecule has 1 atom stereocenters. The number of ether oxygens (including phenoxy) is 3. The molecule has 0 radical (unpaired) electrons. The third kappa shape index (κ3) is 5.48. The van der Waals surface area contributed by atoms with E-state index in [1.807, 2.05) is 0 Å². The number of amidine groups is 1. The van der Waals surface area contributed by atoms with Crippen LogP contribution in [-0.4, -0.2) is 64.2 Å². The van der Waals surface area contributed by atoms with E-state index in [1.165, 1.54) is 6.20 Å². The van der Waals surface area contributed by atoms with Crippen molar-refractivity contribution in [1.29, 1.82) is 0 Å². The van der Waals surface area contributed by atoms with E-state index in [9.17, 15) is 4.79 Å². The van der Waals surface area contributed by atoms with Crippen LogP contribution in [0.5, 0.6) is 17.2 Å². The van der Waals surface area contributed by atoms with E-state index in [0.717, 1.165) is 26.1 Å². The molecule has 0 spiro atoms. The quantitative estimate of drug-likeness (QED) is 0.521. The van der Waals surface area contributed by atoms with Gasteiger partial charge in [0.1, 0.15) is 5.84 Å². The monoisotopic (exact) mass is 455 g/mol. The van der Waals surface area contributed by atoms with Gasteiger partial charge < -0.3 is 35.5 Å². The largest absolute Gasteiger partial charge is 0.493 e. The van der Waals surface area contributed by atoms with Crippen molar-refractivity contribution >= 4 is 17.4 Å². The molecule has 1 amide bonds. The minimum absolute atomic E-state index is 0.169. The van der Waals surface area contributed by atoms with Gasteiger partial charge in [0.15, 0.2) is 11.5 Å². The first-order valence-electron chi connectivity index (χ1n) is 10.9. The molecule has 2 heterocycles. The van der Waals surface area contributed by atoms with Gasteiger partial charge in [-0.3, -0.25) is 4.79 Å². The third-order valence-corrected chi connectivity index (χ3v) is 5.91. The molecule has 3 rings (SSSR count). The summed E-state index contributed by atoms with van der Waals surface area (Å²) >= 11 is 0. The normalized spacial score (nSPS) is 18.6. The highest BCUT2D eigenvalue weighted by Crippen LogP contribution is 2.39. The Labute approximate surface area is 195 Å². The van der Waals surface area contributed by atoms with Crippen LogP contribution >= 0.6 is 0 Å². The summed E-state index contributed by atoms with van der Waals surface area (Å²) in [7, 11) is 4.63. The first-order valence-corrected chi connectivity index (χ1v) is 10.9. The molecule has 1 unspecified atom stereocenters. The smallest absolute Gasteiger partial charge is 0.253 e. The topological polar surface area (TPSA) is 110 Å². The lowest BCUT2D eigenvalue weighted by Crippen LogP contribution is -2.33. The van der Waals surface area contributed by atoms with E-state index in [0.29, 0.717) is 58.0 Å². The molecule has 33 heavy (non-hydrogen) atoms. The number of likely N-dealkylation sites (tertiary alicyclic amines) is 1. The zero-order valence-electron chi connectivity index (χ0n) is 19.7. The highest BCUT2D eigenvalue weighted by Gasteiger charge is 2.25. The molecule has 0 bridgehead atoms. The molecule has 1 fully saturated rings. The van der Waals surface area contributed by atoms with E-state index in [4.69, 9.17) is 19.9 Å². The fourth-order valence-corrected chi connectivity index (χ4v) is 3.91. The predicted octanol–water partition coefficient (Wildman–Crippen LogP) is 1.87. The SMILES string of the molecule is C=C1C(C(=O)NCC2CCN(CC)C2)=CN=C1N/C=C(\N)c1cc(OC)c(OC)c(OC)c1. The summed E-state index contributed by atoms with van der Waals surface area (Å²) in [6.45, 7) is 9.97. The van der Waals surface area contributed by atoms with Crippen LogP contribution in [0, 0.1) is 5.92 Å². The molecule has 0 aromatic heterocycles. The zero-order valence-corrected chi connectivity index (χ0v) is 19.7. The van der Waals surface area contributed by atoms with Gasteiger partial charge in [0.25, 0.3) is 5.91 Å². The van der Waals surface area contributed by atoms with Crippen LogP contribution in [0.4, 0.5) is 0 Å². The Kier molecular flexibility index (Phi) is 8.00. The Morgan fingerprint density at radius 2 is 1.97 bits per heavy atom. The number of benzene rings is 1. The number of hydrogen-bond donors (Lipinski definition) is 3. The molecule has 9 nitrogen and oxygen atoms in total. The highest BCUT2D eigenvalue weighted by atomic mass is 16.5. The minimum Gasteiger partial charge on any atom is -0.493 e. The van der Waals surface area contributed by atoms with E-state index in [2.05, 4.69) is 34.0 Å². The number of nitrogens with zero attached hydrogens (tertiary/aromatic N) is 2. The molecule has 2 aliphatic heterocycles. The number of methoxy groups -OCH3 is 3. The van der Waals surface area contributed by atoms with E-state index < -0.39 is 0 Å². The summed E-state index contributed by atoms with van der Waals surface area (Å²) in [6.07, 6.45) is 4.22. The first kappa shape index (κ1) is 24.2. The second-order valence-corrected chi connectivity index (χ2v) is 7.92. The molecule has 2 aliphatic rings. The molecule has 1 aromatic rings. The van der Waals surface area contributed by atoms with Crippen molar-refractivity contribution in [3.05, 3.63) is 47.8 Å². The second-order valence-electron chi connectivity index (χ2n) is 7.92. The van der Waals surface area contributed by atoms with E-state index in [-0.39, 0.29) is 5.91 Å². The van der Waals surface area contributed by atoms with Gasteiger partial charge in [0.2, 0.25) is 5.75 Å². The Morgan fingerprint density at radius 1 is 1.27 bits per heavy atom. The number of nitrogens with two attached hydrogens (primary N) is 1. The molecule has 0 aliphatic carbocycles. The van der Waals surface area contributed by atoms with Gasteiger partial charge in [-0.25, -0.2) is 4.99 Å². The van der Waals surface area contributed by atoms with Crippen molar-refractivity contribution in [3.8, 4) is 17.2 Å². The minimum atomic E-state index is -0.169. The zero-order chi connectivity index (χ0) is 24.0. The van der Waals surface area contributed by atoms with Crippen LogP contribution in [0.2, 0.25) is 0 Å². The lowest BCUT2D eigenvalue weighted by atomic mass is 10.1. The molecular weight excluding hydrogens is 422 g/mol. The van der Waals surface area contributed by atoms with Crippen molar-refractivity contribution in [2.45, 2.75) is 13.3 Å². The lowest BCUT2D eigenvalue weighted by Gasteiger charge is -2.15. The van der Waals surface area contributed by atoms with Crippen LogP contribution in [0.1, 0.15) is 18.9 Å². The Bertz CT molecular complexity index is 974.